The predicted octanol–water partition coefficient (Wildman–Crippen LogP) is 1.80. The molecule has 1 unspecified atom stereocenters. The molecule has 0 radical (unpaired) electrons. The third-order valence-corrected chi connectivity index (χ3v) is 5.56. The van der Waals surface area contributed by atoms with Gasteiger partial charge in [0.1, 0.15) is 6.04 Å². The Morgan fingerprint density at radius 1 is 1.12 bits per heavy atom. The van der Waals surface area contributed by atoms with Crippen LogP contribution in [-0.4, -0.2) is 61.3 Å². The molecule has 3 N–H and O–H groups in total. The summed E-state index contributed by atoms with van der Waals surface area (Å²) in [4.78, 5) is 38.5. The summed E-state index contributed by atoms with van der Waals surface area (Å²) in [6, 6.07) is 12.8. The van der Waals surface area contributed by atoms with Gasteiger partial charge in [0, 0.05) is 13.0 Å². The second kappa shape index (κ2) is 11.3. The van der Waals surface area contributed by atoms with E-state index in [4.69, 9.17) is 9.47 Å². The van der Waals surface area contributed by atoms with E-state index in [0.29, 0.717) is 17.9 Å². The second-order valence-electron chi connectivity index (χ2n) is 7.68. The molecular formula is C24H29N3O6. The van der Waals surface area contributed by atoms with E-state index in [1.54, 1.807) is 20.3 Å². The largest absolute Gasteiger partial charge is 0.493 e. The van der Waals surface area contributed by atoms with Crippen LogP contribution >= 0.6 is 0 Å². The van der Waals surface area contributed by atoms with Crippen molar-refractivity contribution in [3.63, 3.8) is 0 Å². The number of benzene rings is 2. The quantitative estimate of drug-likeness (QED) is 0.445. The summed E-state index contributed by atoms with van der Waals surface area (Å²) in [5.41, 5.74) is 1.69. The third kappa shape index (κ3) is 6.01. The Morgan fingerprint density at radius 3 is 2.52 bits per heavy atom. The monoisotopic (exact) mass is 455 g/mol. The molecule has 4 amide bonds. The van der Waals surface area contributed by atoms with Crippen molar-refractivity contribution >= 4 is 17.8 Å². The molecule has 9 nitrogen and oxygen atoms in total. The number of aliphatic hydroxyl groups is 1. The van der Waals surface area contributed by atoms with E-state index >= 15 is 0 Å². The summed E-state index contributed by atoms with van der Waals surface area (Å²) >= 11 is 0. The highest BCUT2D eigenvalue weighted by Gasteiger charge is 2.37. The number of urea groups is 1. The Hall–Kier alpha value is -3.59. The Balaban J connectivity index is 1.51. The van der Waals surface area contributed by atoms with Gasteiger partial charge in [0.25, 0.3) is 5.91 Å². The molecule has 2 aromatic carbocycles. The lowest BCUT2D eigenvalue weighted by molar-refractivity contribution is -0.127. The maximum atomic E-state index is 12.7. The minimum atomic E-state index is -0.752. The molecule has 176 valence electrons. The zero-order chi connectivity index (χ0) is 23.8. The second-order valence-corrected chi connectivity index (χ2v) is 7.68. The van der Waals surface area contributed by atoms with E-state index in [-0.39, 0.29) is 37.8 Å². The summed E-state index contributed by atoms with van der Waals surface area (Å²) < 4.78 is 10.5. The Labute approximate surface area is 192 Å². The molecule has 1 aliphatic rings. The standard InChI is InChI=1S/C24H29N3O6/c1-32-20-10-8-16(14-21(20)33-2)12-13-27-23(30)18(26-24(27)31)9-11-22(29)25-19(15-28)17-6-4-3-5-7-17/h3-8,10,14,18-19,28H,9,11-13,15H2,1-2H3,(H,25,29)(H,26,31)/t18?,19-/m1/s1. The highest BCUT2D eigenvalue weighted by molar-refractivity contribution is 6.04. The molecule has 33 heavy (non-hydrogen) atoms. The molecule has 2 atom stereocenters. The van der Waals surface area contributed by atoms with Gasteiger partial charge >= 0.3 is 6.03 Å². The van der Waals surface area contributed by atoms with Crippen molar-refractivity contribution in [2.45, 2.75) is 31.3 Å². The zero-order valence-electron chi connectivity index (χ0n) is 18.7. The fourth-order valence-electron chi connectivity index (χ4n) is 3.72. The van der Waals surface area contributed by atoms with Crippen molar-refractivity contribution < 1.29 is 29.0 Å². The zero-order valence-corrected chi connectivity index (χ0v) is 18.7. The van der Waals surface area contributed by atoms with Crippen molar-refractivity contribution in [2.24, 2.45) is 0 Å². The maximum Gasteiger partial charge on any atom is 0.324 e. The van der Waals surface area contributed by atoms with E-state index in [1.807, 2.05) is 42.5 Å². The number of hydrogen-bond donors (Lipinski definition) is 3. The fourth-order valence-corrected chi connectivity index (χ4v) is 3.72. The molecule has 1 saturated heterocycles. The molecule has 0 saturated carbocycles. The van der Waals surface area contributed by atoms with Gasteiger partial charge in [0.15, 0.2) is 11.5 Å². The first-order chi connectivity index (χ1) is 16.0. The van der Waals surface area contributed by atoms with Crippen LogP contribution in [0.5, 0.6) is 11.5 Å². The minimum absolute atomic E-state index is 0.0452. The number of carbonyl (C=O) groups is 3. The molecular weight excluding hydrogens is 426 g/mol. The van der Waals surface area contributed by atoms with E-state index in [0.717, 1.165) is 11.1 Å². The van der Waals surface area contributed by atoms with Gasteiger partial charge in [0.2, 0.25) is 5.91 Å². The van der Waals surface area contributed by atoms with Crippen LogP contribution in [0, 0.1) is 0 Å². The molecule has 9 heteroatoms. The summed E-state index contributed by atoms with van der Waals surface area (Å²) in [6.07, 6.45) is 0.682. The fraction of sp³-hybridized carbons (Fsp3) is 0.375. The lowest BCUT2D eigenvalue weighted by Crippen LogP contribution is -2.35. The van der Waals surface area contributed by atoms with Gasteiger partial charge in [-0.25, -0.2) is 4.79 Å². The Kier molecular flexibility index (Phi) is 8.26. The van der Waals surface area contributed by atoms with Gasteiger partial charge in [-0.2, -0.15) is 0 Å². The topological polar surface area (TPSA) is 117 Å². The highest BCUT2D eigenvalue weighted by Crippen LogP contribution is 2.28. The molecule has 0 aliphatic carbocycles. The number of aliphatic hydroxyl groups excluding tert-OH is 1. The van der Waals surface area contributed by atoms with E-state index in [9.17, 15) is 19.5 Å². The number of nitrogens with one attached hydrogen (secondary N) is 2. The smallest absolute Gasteiger partial charge is 0.324 e. The summed E-state index contributed by atoms with van der Waals surface area (Å²) in [5, 5.41) is 15.0. The van der Waals surface area contributed by atoms with Crippen LogP contribution < -0.4 is 20.1 Å². The minimum Gasteiger partial charge on any atom is -0.493 e. The first-order valence-electron chi connectivity index (χ1n) is 10.7. The highest BCUT2D eigenvalue weighted by atomic mass is 16.5. The molecule has 0 spiro atoms. The molecule has 0 aromatic heterocycles. The maximum absolute atomic E-state index is 12.7. The van der Waals surface area contributed by atoms with E-state index in [2.05, 4.69) is 10.6 Å². The summed E-state index contributed by atoms with van der Waals surface area (Å²) in [5.74, 6) is 0.525. The number of methoxy groups -OCH3 is 2. The van der Waals surface area contributed by atoms with Crippen LogP contribution in [0.3, 0.4) is 0 Å². The number of carbonyl (C=O) groups excluding carboxylic acids is 3. The van der Waals surface area contributed by atoms with Crippen molar-refractivity contribution in [1.82, 2.24) is 15.5 Å². The first-order valence-corrected chi connectivity index (χ1v) is 10.7. The van der Waals surface area contributed by atoms with E-state index in [1.165, 1.54) is 4.90 Å². The van der Waals surface area contributed by atoms with Gasteiger partial charge in [-0.15, -0.1) is 0 Å². The van der Waals surface area contributed by atoms with Crippen molar-refractivity contribution in [2.75, 3.05) is 27.4 Å². The number of imide groups is 1. The average molecular weight is 456 g/mol. The molecule has 1 heterocycles. The lowest BCUT2D eigenvalue weighted by Gasteiger charge is -2.17. The normalized spacial score (nSPS) is 16.3. The van der Waals surface area contributed by atoms with Gasteiger partial charge in [-0.3, -0.25) is 14.5 Å². The van der Waals surface area contributed by atoms with Gasteiger partial charge in [-0.05, 0) is 36.1 Å². The summed E-state index contributed by atoms with van der Waals surface area (Å²) in [6.45, 7) is -0.0256. The van der Waals surface area contributed by atoms with Crippen LogP contribution in [0.1, 0.15) is 30.0 Å². The number of nitrogens with zero attached hydrogens (tertiary/aromatic N) is 1. The van der Waals surface area contributed by atoms with Gasteiger partial charge < -0.3 is 25.2 Å². The van der Waals surface area contributed by atoms with Crippen molar-refractivity contribution in [1.29, 1.82) is 0 Å². The molecule has 3 rings (SSSR count). The number of amides is 4. The molecule has 1 aliphatic heterocycles. The first kappa shape index (κ1) is 24.1. The average Bonchev–Trinajstić information content (AvgIpc) is 3.12. The van der Waals surface area contributed by atoms with Crippen molar-refractivity contribution in [3.05, 3.63) is 59.7 Å². The summed E-state index contributed by atoms with van der Waals surface area (Å²) in [7, 11) is 3.10. The molecule has 0 bridgehead atoms. The predicted molar refractivity (Wildman–Crippen MR) is 121 cm³/mol. The third-order valence-electron chi connectivity index (χ3n) is 5.56. The number of ether oxygens (including phenoxy) is 2. The molecule has 2 aromatic rings. The van der Waals surface area contributed by atoms with Crippen LogP contribution in [0.25, 0.3) is 0 Å². The SMILES string of the molecule is COc1ccc(CCN2C(=O)NC(CCC(=O)N[C@H](CO)c3ccccc3)C2=O)cc1OC. The van der Waals surface area contributed by atoms with Gasteiger partial charge in [-0.1, -0.05) is 36.4 Å². The lowest BCUT2D eigenvalue weighted by atomic mass is 10.1. The van der Waals surface area contributed by atoms with Crippen molar-refractivity contribution in [3.8, 4) is 11.5 Å². The Morgan fingerprint density at radius 2 is 1.85 bits per heavy atom. The Bertz CT molecular complexity index is 981. The van der Waals surface area contributed by atoms with Crippen LogP contribution in [0.2, 0.25) is 0 Å². The van der Waals surface area contributed by atoms with Gasteiger partial charge in [0.05, 0.1) is 26.9 Å². The number of rotatable bonds is 11. The van der Waals surface area contributed by atoms with Crippen LogP contribution in [0.15, 0.2) is 48.5 Å². The molecule has 1 fully saturated rings. The van der Waals surface area contributed by atoms with Crippen LogP contribution in [-0.2, 0) is 16.0 Å². The van der Waals surface area contributed by atoms with Crippen LogP contribution in [0.4, 0.5) is 4.79 Å². The van der Waals surface area contributed by atoms with E-state index < -0.39 is 18.1 Å². The number of hydrogen-bond acceptors (Lipinski definition) is 6.